The van der Waals surface area contributed by atoms with Crippen molar-refractivity contribution in [2.75, 3.05) is 86.1 Å². The number of methoxy groups -OCH3 is 8. The van der Waals surface area contributed by atoms with Gasteiger partial charge in [0.15, 0.2) is 0 Å². The molecule has 0 saturated heterocycles. The molecule has 0 amide bonds. The van der Waals surface area contributed by atoms with E-state index < -0.39 is 0 Å². The van der Waals surface area contributed by atoms with E-state index in [0.29, 0.717) is 117 Å². The molecule has 18 heteroatoms. The second-order valence-corrected chi connectivity index (χ2v) is 22.9. The molecule has 3 N–H and O–H groups in total. The van der Waals surface area contributed by atoms with E-state index in [0.717, 1.165) is 86.5 Å². The van der Waals surface area contributed by atoms with E-state index in [9.17, 15) is 10.2 Å². The fourth-order valence-electron chi connectivity index (χ4n) is 10.7. The molecule has 0 aromatic heterocycles. The first kappa shape index (κ1) is 65.6. The number of aromatic hydroxyl groups is 2. The second-order valence-electron chi connectivity index (χ2n) is 21.3. The third-order valence-corrected chi connectivity index (χ3v) is 16.5. The van der Waals surface area contributed by atoms with E-state index in [-0.39, 0.29) is 37.2 Å². The van der Waals surface area contributed by atoms with E-state index in [4.69, 9.17) is 62.3 Å². The third kappa shape index (κ3) is 16.5. The standard InChI is InChI=1S/C72H76Br2N4O12/c1-81-61-17-13-45(65(37-61)85-5)41-75-57-29-49-25-53-33-59(77-43-47-15-19-63(83-3)39-67(47)87-7)35-55(71(53)89-23-11-9-21-73)27-51-31-58(76-42-46-14-18-62(82-2)38-66(46)86-6)32-52(70(51)80)28-56-36-60(78-44-48-16-20-64(84-4)40-68(48)88-8)34-54(26-50(30-57)69(49)79)72(56)90-24-12-10-22-74/h13-20,29-41,43-44,76,79-80H,9-12,21-28,42H2,1-8H3. The first-order chi connectivity index (χ1) is 43.9. The molecule has 1 aliphatic rings. The van der Waals surface area contributed by atoms with Crippen LogP contribution in [0.3, 0.4) is 0 Å². The molecule has 0 atom stereocenters. The SMILES string of the molecule is COc1ccc(C=Nc2cc3c(O)c(c2)Cc2cc(N=Cc4ccc(OC)cc4OC)cc(c2OCCCCBr)Cc2cc(NCc4ccc(OC)cc4OC)cc(c2O)Cc2cc(N=Cc4ccc(OC)cc4OC)cc(c2OCCCCBr)C3)c(OC)c1. The monoisotopic (exact) mass is 1350 g/mol. The van der Waals surface area contributed by atoms with Crippen LogP contribution in [0.4, 0.5) is 22.7 Å². The minimum Gasteiger partial charge on any atom is -0.507 e. The van der Waals surface area contributed by atoms with Crippen LogP contribution in [0.1, 0.15) is 92.4 Å². The first-order valence-electron chi connectivity index (χ1n) is 29.5. The fraction of sp³-hybridized carbons (Fsp3) is 0.292. The quantitative estimate of drug-likeness (QED) is 0.0192. The topological polar surface area (TPSA) is 182 Å². The summed E-state index contributed by atoms with van der Waals surface area (Å²) in [5.74, 6) is 6.38. The Labute approximate surface area is 543 Å². The van der Waals surface area contributed by atoms with Crippen LogP contribution in [0.5, 0.6) is 69.0 Å². The number of unbranched alkanes of at least 4 members (excludes halogenated alkanes) is 2. The lowest BCUT2D eigenvalue weighted by Crippen LogP contribution is -2.09. The Balaban J connectivity index is 1.31. The Morgan fingerprint density at radius 3 is 1.04 bits per heavy atom. The van der Waals surface area contributed by atoms with Gasteiger partial charge in [-0.3, -0.25) is 15.0 Å². The lowest BCUT2D eigenvalue weighted by atomic mass is 9.90. The van der Waals surface area contributed by atoms with Crippen molar-refractivity contribution >= 4 is 73.3 Å². The first-order valence-corrected chi connectivity index (χ1v) is 31.8. The number of nitrogens with one attached hydrogen (secondary N) is 1. The molecule has 9 rings (SSSR count). The van der Waals surface area contributed by atoms with Gasteiger partial charge >= 0.3 is 0 Å². The zero-order valence-electron chi connectivity index (χ0n) is 52.0. The van der Waals surface area contributed by atoms with Crippen molar-refractivity contribution in [3.05, 3.63) is 188 Å². The molecule has 8 aromatic rings. The Hall–Kier alpha value is -8.87. The summed E-state index contributed by atoms with van der Waals surface area (Å²) in [5.41, 5.74) is 11.0. The molecule has 0 fully saturated rings. The molecule has 0 spiro atoms. The van der Waals surface area contributed by atoms with Crippen LogP contribution in [0.15, 0.2) is 136 Å². The van der Waals surface area contributed by atoms with Crippen molar-refractivity contribution in [1.82, 2.24) is 0 Å². The molecule has 0 aliphatic heterocycles. The summed E-state index contributed by atoms with van der Waals surface area (Å²) in [6.45, 7) is 1.18. The van der Waals surface area contributed by atoms with E-state index in [1.807, 2.05) is 121 Å². The summed E-state index contributed by atoms with van der Waals surface area (Å²) in [6, 6.07) is 38.2. The van der Waals surface area contributed by atoms with Gasteiger partial charge in [-0.05, 0) is 123 Å². The molecular formula is C72H76Br2N4O12. The van der Waals surface area contributed by atoms with Gasteiger partial charge < -0.3 is 62.9 Å². The summed E-state index contributed by atoms with van der Waals surface area (Å²) in [5, 5.41) is 31.3. The van der Waals surface area contributed by atoms with Gasteiger partial charge in [-0.25, -0.2) is 0 Å². The molecule has 8 aromatic carbocycles. The number of fused-ring (bicyclic) bond motifs is 8. The number of anilines is 1. The molecule has 470 valence electrons. The van der Waals surface area contributed by atoms with Gasteiger partial charge in [0.25, 0.3) is 0 Å². The maximum absolute atomic E-state index is 13.0. The number of alkyl halides is 2. The van der Waals surface area contributed by atoms with Crippen molar-refractivity contribution in [2.24, 2.45) is 15.0 Å². The molecular weight excluding hydrogens is 1270 g/mol. The predicted molar refractivity (Wildman–Crippen MR) is 365 cm³/mol. The zero-order valence-corrected chi connectivity index (χ0v) is 55.2. The summed E-state index contributed by atoms with van der Waals surface area (Å²) in [7, 11) is 12.9. The van der Waals surface area contributed by atoms with Crippen LogP contribution in [-0.4, -0.2) is 110 Å². The average Bonchev–Trinajstić information content (AvgIpc) is 0.942. The van der Waals surface area contributed by atoms with Gasteiger partial charge in [0.2, 0.25) is 0 Å². The lowest BCUT2D eigenvalue weighted by Gasteiger charge is -2.22. The van der Waals surface area contributed by atoms with Crippen molar-refractivity contribution in [3.63, 3.8) is 0 Å². The van der Waals surface area contributed by atoms with Gasteiger partial charge in [-0.15, -0.1) is 0 Å². The van der Waals surface area contributed by atoms with Crippen molar-refractivity contribution in [1.29, 1.82) is 0 Å². The molecule has 90 heavy (non-hydrogen) atoms. The van der Waals surface area contributed by atoms with Crippen LogP contribution < -0.4 is 52.7 Å². The number of phenolic OH excluding ortho intramolecular Hbond substituents is 2. The fourth-order valence-corrected chi connectivity index (χ4v) is 11.5. The predicted octanol–water partition coefficient (Wildman–Crippen LogP) is 15.8. The zero-order chi connectivity index (χ0) is 63.5. The van der Waals surface area contributed by atoms with E-state index in [1.54, 1.807) is 75.5 Å². The minimum atomic E-state index is 0.0717. The highest BCUT2D eigenvalue weighted by molar-refractivity contribution is 9.09. The Morgan fingerprint density at radius 2 is 0.711 bits per heavy atom. The van der Waals surface area contributed by atoms with Gasteiger partial charge in [-0.2, -0.15) is 0 Å². The number of halogens is 2. The normalized spacial score (nSPS) is 12.1. The summed E-state index contributed by atoms with van der Waals surface area (Å²) >= 11 is 7.24. The van der Waals surface area contributed by atoms with Crippen molar-refractivity contribution in [2.45, 2.75) is 57.9 Å². The van der Waals surface area contributed by atoms with Crippen LogP contribution in [0, 0.1) is 0 Å². The van der Waals surface area contributed by atoms with Crippen LogP contribution in [0.2, 0.25) is 0 Å². The Kier molecular flexibility index (Phi) is 23.3. The van der Waals surface area contributed by atoms with E-state index >= 15 is 0 Å². The molecule has 0 radical (unpaired) electrons. The highest BCUT2D eigenvalue weighted by Gasteiger charge is 2.24. The van der Waals surface area contributed by atoms with Gasteiger partial charge in [0.05, 0.1) is 87.2 Å². The Morgan fingerprint density at radius 1 is 0.389 bits per heavy atom. The number of phenols is 2. The number of benzene rings is 8. The summed E-state index contributed by atoms with van der Waals surface area (Å²) < 4.78 is 59.3. The molecule has 16 nitrogen and oxygen atoms in total. The molecule has 0 heterocycles. The summed E-state index contributed by atoms with van der Waals surface area (Å²) in [4.78, 5) is 15.3. The number of nitrogens with zero attached hydrogens (tertiary/aromatic N) is 3. The summed E-state index contributed by atoms with van der Waals surface area (Å²) in [6.07, 6.45) is 9.32. The molecule has 8 bridgehead atoms. The highest BCUT2D eigenvalue weighted by atomic mass is 79.9. The smallest absolute Gasteiger partial charge is 0.131 e. The number of aliphatic imine (C=N–C) groups is 3. The third-order valence-electron chi connectivity index (χ3n) is 15.4. The molecule has 0 saturated carbocycles. The van der Waals surface area contributed by atoms with Crippen LogP contribution in [0.25, 0.3) is 0 Å². The number of ether oxygens (including phenoxy) is 10. The number of rotatable bonds is 27. The van der Waals surface area contributed by atoms with Gasteiger partial charge in [0, 0.05) is 158 Å². The number of hydrogen-bond acceptors (Lipinski definition) is 16. The highest BCUT2D eigenvalue weighted by Crippen LogP contribution is 2.44. The van der Waals surface area contributed by atoms with E-state index in [2.05, 4.69) is 37.2 Å². The minimum absolute atomic E-state index is 0.0717. The largest absolute Gasteiger partial charge is 0.507 e. The Bertz CT molecular complexity index is 3710. The number of hydrogen-bond donors (Lipinski definition) is 3. The van der Waals surface area contributed by atoms with Crippen molar-refractivity contribution in [3.8, 4) is 69.0 Å². The van der Waals surface area contributed by atoms with Gasteiger partial charge in [-0.1, -0.05) is 31.9 Å². The average molecular weight is 1350 g/mol. The van der Waals surface area contributed by atoms with Crippen molar-refractivity contribution < 1.29 is 57.6 Å². The maximum Gasteiger partial charge on any atom is 0.131 e. The molecule has 1 aliphatic carbocycles. The lowest BCUT2D eigenvalue weighted by molar-refractivity contribution is 0.304. The van der Waals surface area contributed by atoms with E-state index in [1.165, 1.54) is 0 Å². The molecule has 0 unspecified atom stereocenters. The van der Waals surface area contributed by atoms with Gasteiger partial charge in [0.1, 0.15) is 69.0 Å². The maximum atomic E-state index is 13.0. The van der Waals surface area contributed by atoms with Crippen LogP contribution in [-0.2, 0) is 32.2 Å². The second kappa shape index (κ2) is 32.0. The van der Waals surface area contributed by atoms with Crippen LogP contribution >= 0.6 is 31.9 Å².